The topological polar surface area (TPSA) is 101 Å². The Morgan fingerprint density at radius 3 is 2.39 bits per heavy atom. The molecule has 1 N–H and O–H groups in total. The molecule has 1 saturated carbocycles. The van der Waals surface area contributed by atoms with Crippen LogP contribution in [-0.2, 0) is 15.7 Å². The normalized spacial score (nSPS) is 20.8. The molecule has 0 bridgehead atoms. The molecule has 2 aromatic rings. The Morgan fingerprint density at radius 2 is 1.78 bits per heavy atom. The first kappa shape index (κ1) is 25.7. The van der Waals surface area contributed by atoms with E-state index >= 15 is 0 Å². The molecule has 2 heterocycles. The molecule has 0 unspecified atom stereocenters. The van der Waals surface area contributed by atoms with Gasteiger partial charge in [0.05, 0.1) is 11.0 Å². The lowest BCUT2D eigenvalue weighted by Crippen LogP contribution is -2.50. The fourth-order valence-corrected chi connectivity index (χ4v) is 4.62. The zero-order chi connectivity index (χ0) is 25.7. The number of benzene rings is 1. The zero-order valence-electron chi connectivity index (χ0n) is 19.6. The summed E-state index contributed by atoms with van der Waals surface area (Å²) in [6, 6.07) is 10.6. The summed E-state index contributed by atoms with van der Waals surface area (Å²) in [5.74, 6) is -0.0974. The molecule has 1 aliphatic carbocycles. The van der Waals surface area contributed by atoms with E-state index in [9.17, 15) is 28.1 Å². The third-order valence-electron chi connectivity index (χ3n) is 6.61. The van der Waals surface area contributed by atoms with E-state index in [1.807, 2.05) is 23.1 Å². The van der Waals surface area contributed by atoms with Gasteiger partial charge in [-0.05, 0) is 43.9 Å². The van der Waals surface area contributed by atoms with Gasteiger partial charge in [0, 0.05) is 37.9 Å². The molecule has 0 spiro atoms. The summed E-state index contributed by atoms with van der Waals surface area (Å²) in [6.45, 7) is 2.80. The van der Waals surface area contributed by atoms with Crippen LogP contribution in [0.5, 0.6) is 0 Å². The molecule has 2 aliphatic rings. The van der Waals surface area contributed by atoms with Crippen LogP contribution in [0.4, 0.5) is 30.4 Å². The molecule has 9 nitrogen and oxygen atoms in total. The molecule has 2 fully saturated rings. The van der Waals surface area contributed by atoms with Gasteiger partial charge < -0.3 is 19.9 Å². The highest BCUT2D eigenvalue weighted by atomic mass is 19.4. The number of carbonyl (C=O) groups excluding carboxylic acids is 1. The van der Waals surface area contributed by atoms with Gasteiger partial charge in [-0.25, -0.2) is 4.98 Å². The predicted octanol–water partition coefficient (Wildman–Crippen LogP) is 4.10. The number of anilines is 2. The second kappa shape index (κ2) is 11.1. The number of nitrogens with one attached hydrogen (secondary N) is 1. The van der Waals surface area contributed by atoms with Gasteiger partial charge in [0.1, 0.15) is 24.2 Å². The molecule has 12 heteroatoms. The average molecular weight is 508 g/mol. The van der Waals surface area contributed by atoms with E-state index in [0.29, 0.717) is 51.0 Å². The Morgan fingerprint density at radius 1 is 1.11 bits per heavy atom. The molecule has 194 valence electrons. The van der Waals surface area contributed by atoms with Crippen molar-refractivity contribution in [1.82, 2.24) is 9.88 Å². The van der Waals surface area contributed by atoms with Crippen LogP contribution in [0, 0.1) is 10.1 Å². The van der Waals surface area contributed by atoms with Gasteiger partial charge >= 0.3 is 6.18 Å². The van der Waals surface area contributed by atoms with E-state index in [4.69, 9.17) is 4.74 Å². The van der Waals surface area contributed by atoms with Crippen molar-refractivity contribution in [2.24, 2.45) is 0 Å². The number of hydrogen-bond acceptors (Lipinski definition) is 7. The minimum Gasteiger partial charge on any atom is -0.368 e. The summed E-state index contributed by atoms with van der Waals surface area (Å²) in [4.78, 5) is 30.2. The number of pyridine rings is 1. The summed E-state index contributed by atoms with van der Waals surface area (Å²) < 4.78 is 45.4. The zero-order valence-corrected chi connectivity index (χ0v) is 19.6. The van der Waals surface area contributed by atoms with Crippen molar-refractivity contribution in [2.45, 2.75) is 44.0 Å². The van der Waals surface area contributed by atoms with Crippen LogP contribution in [0.3, 0.4) is 0 Å². The Labute approximate surface area is 206 Å². The maximum atomic E-state index is 13.2. The molecule has 36 heavy (non-hydrogen) atoms. The molecule has 1 aromatic heterocycles. The van der Waals surface area contributed by atoms with Crippen molar-refractivity contribution < 1.29 is 27.6 Å². The number of ether oxygens (including phenoxy) is 1. The maximum absolute atomic E-state index is 13.2. The average Bonchev–Trinajstić information content (AvgIpc) is 2.88. The predicted molar refractivity (Wildman–Crippen MR) is 127 cm³/mol. The van der Waals surface area contributed by atoms with E-state index in [2.05, 4.69) is 27.3 Å². The van der Waals surface area contributed by atoms with Crippen LogP contribution >= 0.6 is 0 Å². The lowest BCUT2D eigenvalue weighted by Gasteiger charge is -2.36. The molecule has 4 rings (SSSR count). The number of aromatic nitrogens is 1. The van der Waals surface area contributed by atoms with Gasteiger partial charge in [-0.1, -0.05) is 18.2 Å². The van der Waals surface area contributed by atoms with Crippen molar-refractivity contribution in [2.75, 3.05) is 43.0 Å². The number of amides is 1. The highest BCUT2D eigenvalue weighted by molar-refractivity contribution is 5.77. The number of nitro groups is 1. The van der Waals surface area contributed by atoms with Crippen molar-refractivity contribution in [3.05, 3.63) is 58.3 Å². The second-order valence-electron chi connectivity index (χ2n) is 8.97. The summed E-state index contributed by atoms with van der Waals surface area (Å²) in [5, 5.41) is 13.8. The van der Waals surface area contributed by atoms with Gasteiger partial charge in [-0.15, -0.1) is 0 Å². The maximum Gasteiger partial charge on any atom is 0.423 e. The number of piperazine rings is 1. The van der Waals surface area contributed by atoms with E-state index < -0.39 is 22.4 Å². The van der Waals surface area contributed by atoms with E-state index in [0.717, 1.165) is 18.8 Å². The van der Waals surface area contributed by atoms with Crippen molar-refractivity contribution in [1.29, 1.82) is 0 Å². The quantitative estimate of drug-likeness (QED) is 0.445. The third-order valence-corrected chi connectivity index (χ3v) is 6.61. The van der Waals surface area contributed by atoms with E-state index in [1.165, 1.54) is 0 Å². The van der Waals surface area contributed by atoms with Crippen molar-refractivity contribution >= 4 is 23.1 Å². The summed E-state index contributed by atoms with van der Waals surface area (Å²) in [5.41, 5.74) is -1.26. The van der Waals surface area contributed by atoms with Gasteiger partial charge in [0.2, 0.25) is 5.91 Å². The Balaban J connectivity index is 1.20. The molecular formula is C24H28F3N5O4. The Kier molecular flexibility index (Phi) is 7.92. The number of para-hydroxylation sites is 1. The summed E-state index contributed by atoms with van der Waals surface area (Å²) >= 11 is 0. The molecule has 1 aliphatic heterocycles. The summed E-state index contributed by atoms with van der Waals surface area (Å²) in [7, 11) is 0. The smallest absolute Gasteiger partial charge is 0.368 e. The van der Waals surface area contributed by atoms with Gasteiger partial charge in [-0.2, -0.15) is 13.2 Å². The first-order valence-electron chi connectivity index (χ1n) is 11.9. The molecule has 1 saturated heterocycles. The van der Waals surface area contributed by atoms with Gasteiger partial charge in [0.25, 0.3) is 5.69 Å². The van der Waals surface area contributed by atoms with Crippen LogP contribution in [-0.4, -0.2) is 65.6 Å². The largest absolute Gasteiger partial charge is 0.423 e. The fourth-order valence-electron chi connectivity index (χ4n) is 4.62. The first-order chi connectivity index (χ1) is 17.2. The molecule has 0 atom stereocenters. The minimum absolute atomic E-state index is 0.00689. The number of halogens is 3. The van der Waals surface area contributed by atoms with Crippen LogP contribution in [0.15, 0.2) is 42.6 Å². The second-order valence-corrected chi connectivity index (χ2v) is 8.97. The standard InChI is InChI=1S/C24H28F3N5O4/c25-24(26,27)20-14-22(28-15-21(20)32(34)35)29-17-6-8-19(9-7-17)36-16-23(33)31-12-10-30(11-13-31)18-4-2-1-3-5-18/h1-5,14-15,17,19H,6-13,16H2,(H,28,29). The first-order valence-corrected chi connectivity index (χ1v) is 11.9. The van der Waals surface area contributed by atoms with Crippen LogP contribution in [0.1, 0.15) is 31.2 Å². The minimum atomic E-state index is -4.85. The number of alkyl halides is 3. The lowest BCUT2D eigenvalue weighted by molar-refractivity contribution is -0.388. The monoisotopic (exact) mass is 507 g/mol. The van der Waals surface area contributed by atoms with E-state index in [1.54, 1.807) is 0 Å². The molecule has 1 aromatic carbocycles. The third kappa shape index (κ3) is 6.42. The SMILES string of the molecule is O=C(COC1CCC(Nc2cc(C(F)(F)F)c([N+](=O)[O-])cn2)CC1)N1CCN(c2ccccc2)CC1. The van der Waals surface area contributed by atoms with Crippen molar-refractivity contribution in [3.8, 4) is 0 Å². The number of hydrogen-bond donors (Lipinski definition) is 1. The van der Waals surface area contributed by atoms with Crippen LogP contribution < -0.4 is 10.2 Å². The van der Waals surface area contributed by atoms with Crippen LogP contribution in [0.2, 0.25) is 0 Å². The lowest BCUT2D eigenvalue weighted by atomic mass is 9.93. The molecule has 1 amide bonds. The van der Waals surface area contributed by atoms with Gasteiger partial charge in [-0.3, -0.25) is 14.9 Å². The Bertz CT molecular complexity index is 1050. The van der Waals surface area contributed by atoms with E-state index in [-0.39, 0.29) is 30.5 Å². The Hall–Kier alpha value is -3.41. The number of rotatable bonds is 7. The number of carbonyl (C=O) groups is 1. The number of nitrogens with zero attached hydrogens (tertiary/aromatic N) is 4. The highest BCUT2D eigenvalue weighted by Crippen LogP contribution is 2.37. The van der Waals surface area contributed by atoms with Crippen molar-refractivity contribution in [3.63, 3.8) is 0 Å². The fraction of sp³-hybridized carbons (Fsp3) is 0.500. The van der Waals surface area contributed by atoms with Crippen LogP contribution in [0.25, 0.3) is 0 Å². The molecular weight excluding hydrogens is 479 g/mol. The molecule has 0 radical (unpaired) electrons. The highest BCUT2D eigenvalue weighted by Gasteiger charge is 2.39. The summed E-state index contributed by atoms with van der Waals surface area (Å²) in [6.07, 6.45) is -1.80. The van der Waals surface area contributed by atoms with Gasteiger partial charge in [0.15, 0.2) is 0 Å².